The Balaban J connectivity index is 0.00000364. The SMILES string of the molecule is C=CCNC(=NCCn1cnnc1CC)N(C)Cc1ccc(CC)cc1.I. The first-order valence-electron chi connectivity index (χ1n) is 9.22. The van der Waals surface area contributed by atoms with E-state index in [2.05, 4.69) is 76.7 Å². The van der Waals surface area contributed by atoms with Crippen LogP contribution in [0, 0.1) is 0 Å². The van der Waals surface area contributed by atoms with Crippen LogP contribution in [0.1, 0.15) is 30.8 Å². The molecule has 148 valence electrons. The van der Waals surface area contributed by atoms with Crippen LogP contribution in [0.15, 0.2) is 48.2 Å². The van der Waals surface area contributed by atoms with Crippen LogP contribution in [0.4, 0.5) is 0 Å². The van der Waals surface area contributed by atoms with Gasteiger partial charge >= 0.3 is 0 Å². The van der Waals surface area contributed by atoms with E-state index >= 15 is 0 Å². The van der Waals surface area contributed by atoms with E-state index in [1.54, 1.807) is 6.33 Å². The summed E-state index contributed by atoms with van der Waals surface area (Å²) in [5.74, 6) is 1.86. The van der Waals surface area contributed by atoms with Gasteiger partial charge in [-0.2, -0.15) is 0 Å². The minimum atomic E-state index is 0. The Bertz CT molecular complexity index is 708. The van der Waals surface area contributed by atoms with Gasteiger partial charge in [0.05, 0.1) is 6.54 Å². The molecule has 0 spiro atoms. The number of hydrogen-bond acceptors (Lipinski definition) is 3. The van der Waals surface area contributed by atoms with Crippen molar-refractivity contribution in [2.24, 2.45) is 4.99 Å². The Morgan fingerprint density at radius 2 is 1.93 bits per heavy atom. The first kappa shape index (κ1) is 23.1. The fourth-order valence-corrected chi connectivity index (χ4v) is 2.71. The molecule has 1 aromatic heterocycles. The van der Waals surface area contributed by atoms with E-state index in [9.17, 15) is 0 Å². The first-order valence-corrected chi connectivity index (χ1v) is 9.22. The van der Waals surface area contributed by atoms with E-state index in [1.807, 2.05) is 6.08 Å². The molecule has 0 aliphatic rings. The van der Waals surface area contributed by atoms with Gasteiger partial charge in [-0.1, -0.05) is 44.2 Å². The highest BCUT2D eigenvalue weighted by Gasteiger charge is 2.07. The lowest BCUT2D eigenvalue weighted by Gasteiger charge is -2.22. The molecule has 0 unspecified atom stereocenters. The number of hydrogen-bond donors (Lipinski definition) is 1. The normalized spacial score (nSPS) is 11.0. The van der Waals surface area contributed by atoms with Gasteiger partial charge in [-0.05, 0) is 17.5 Å². The van der Waals surface area contributed by atoms with Crippen LogP contribution in [-0.4, -0.2) is 45.8 Å². The highest BCUT2D eigenvalue weighted by Crippen LogP contribution is 2.07. The van der Waals surface area contributed by atoms with Crippen molar-refractivity contribution in [1.82, 2.24) is 25.0 Å². The lowest BCUT2D eigenvalue weighted by molar-refractivity contribution is 0.477. The van der Waals surface area contributed by atoms with Gasteiger partial charge in [0.1, 0.15) is 12.2 Å². The number of nitrogens with zero attached hydrogens (tertiary/aromatic N) is 5. The smallest absolute Gasteiger partial charge is 0.194 e. The van der Waals surface area contributed by atoms with Gasteiger partial charge in [-0.15, -0.1) is 40.8 Å². The molecule has 0 bridgehead atoms. The zero-order chi connectivity index (χ0) is 18.8. The number of benzene rings is 1. The van der Waals surface area contributed by atoms with Crippen molar-refractivity contribution in [3.05, 3.63) is 60.2 Å². The van der Waals surface area contributed by atoms with Crippen LogP contribution in [0.3, 0.4) is 0 Å². The number of rotatable bonds is 9. The molecule has 27 heavy (non-hydrogen) atoms. The van der Waals surface area contributed by atoms with Crippen molar-refractivity contribution in [2.45, 2.75) is 39.8 Å². The van der Waals surface area contributed by atoms with Gasteiger partial charge in [0.2, 0.25) is 0 Å². The average molecular weight is 482 g/mol. The standard InChI is InChI=1S/C20H30N6.HI/c1-5-12-21-20(22-13-14-26-16-23-24-19(26)7-3)25(4)15-18-10-8-17(6-2)9-11-18;/h5,8-11,16H,1,6-7,12-15H2,2-4H3,(H,21,22);1H. The Morgan fingerprint density at radius 3 is 2.56 bits per heavy atom. The number of aliphatic imine (C=N–C) groups is 1. The lowest BCUT2D eigenvalue weighted by Crippen LogP contribution is -2.39. The van der Waals surface area contributed by atoms with Crippen LogP contribution in [-0.2, 0) is 25.9 Å². The first-order chi connectivity index (χ1) is 12.7. The maximum Gasteiger partial charge on any atom is 0.194 e. The van der Waals surface area contributed by atoms with Crippen molar-refractivity contribution in [3.8, 4) is 0 Å². The second kappa shape index (κ2) is 12.5. The number of guanidine groups is 1. The second-order valence-corrected chi connectivity index (χ2v) is 6.20. The number of aryl methyl sites for hydroxylation is 2. The molecule has 0 aliphatic heterocycles. The molecule has 6 nitrogen and oxygen atoms in total. The van der Waals surface area contributed by atoms with E-state index in [1.165, 1.54) is 11.1 Å². The van der Waals surface area contributed by atoms with E-state index < -0.39 is 0 Å². The quantitative estimate of drug-likeness (QED) is 0.258. The molecule has 0 saturated carbocycles. The Morgan fingerprint density at radius 1 is 1.22 bits per heavy atom. The van der Waals surface area contributed by atoms with Crippen molar-refractivity contribution in [2.75, 3.05) is 20.1 Å². The molecular formula is C20H31IN6. The molecule has 1 N–H and O–H groups in total. The molecule has 0 amide bonds. The fourth-order valence-electron chi connectivity index (χ4n) is 2.71. The minimum absolute atomic E-state index is 0. The van der Waals surface area contributed by atoms with Gasteiger partial charge in [0.15, 0.2) is 5.96 Å². The predicted octanol–water partition coefficient (Wildman–Crippen LogP) is 3.28. The molecule has 0 atom stereocenters. The van der Waals surface area contributed by atoms with Gasteiger partial charge in [-0.25, -0.2) is 0 Å². The summed E-state index contributed by atoms with van der Waals surface area (Å²) >= 11 is 0. The number of nitrogens with one attached hydrogen (secondary N) is 1. The van der Waals surface area contributed by atoms with Crippen LogP contribution in [0.5, 0.6) is 0 Å². The molecule has 1 aromatic carbocycles. The van der Waals surface area contributed by atoms with Crippen molar-refractivity contribution in [1.29, 1.82) is 0 Å². The summed E-state index contributed by atoms with van der Waals surface area (Å²) in [6.07, 6.45) is 5.55. The Hall–Kier alpha value is -1.90. The zero-order valence-electron chi connectivity index (χ0n) is 16.6. The average Bonchev–Trinajstić information content (AvgIpc) is 3.12. The van der Waals surface area contributed by atoms with Gasteiger partial charge in [0.25, 0.3) is 0 Å². The molecule has 2 rings (SSSR count). The summed E-state index contributed by atoms with van der Waals surface area (Å²) in [7, 11) is 2.05. The molecule has 2 aromatic rings. The number of halogens is 1. The van der Waals surface area contributed by atoms with Crippen molar-refractivity contribution >= 4 is 29.9 Å². The van der Waals surface area contributed by atoms with E-state index in [-0.39, 0.29) is 24.0 Å². The fraction of sp³-hybridized carbons (Fsp3) is 0.450. The number of aromatic nitrogens is 3. The van der Waals surface area contributed by atoms with Crippen molar-refractivity contribution in [3.63, 3.8) is 0 Å². The van der Waals surface area contributed by atoms with Crippen LogP contribution < -0.4 is 5.32 Å². The summed E-state index contributed by atoms with van der Waals surface area (Å²) in [5, 5.41) is 11.4. The second-order valence-electron chi connectivity index (χ2n) is 6.20. The third kappa shape index (κ3) is 7.32. The van der Waals surface area contributed by atoms with Gasteiger partial charge in [-0.3, -0.25) is 4.99 Å². The van der Waals surface area contributed by atoms with Gasteiger partial charge < -0.3 is 14.8 Å². The summed E-state index contributed by atoms with van der Waals surface area (Å²) < 4.78 is 2.05. The summed E-state index contributed by atoms with van der Waals surface area (Å²) in [6, 6.07) is 8.75. The molecule has 0 radical (unpaired) electrons. The summed E-state index contributed by atoms with van der Waals surface area (Å²) in [5.41, 5.74) is 2.63. The lowest BCUT2D eigenvalue weighted by atomic mass is 10.1. The van der Waals surface area contributed by atoms with E-state index in [0.717, 1.165) is 37.7 Å². The maximum absolute atomic E-state index is 4.75. The van der Waals surface area contributed by atoms with E-state index in [4.69, 9.17) is 4.99 Å². The van der Waals surface area contributed by atoms with Crippen molar-refractivity contribution < 1.29 is 0 Å². The van der Waals surface area contributed by atoms with Crippen LogP contribution in [0.25, 0.3) is 0 Å². The summed E-state index contributed by atoms with van der Waals surface area (Å²) in [6.45, 7) is 11.0. The highest BCUT2D eigenvalue weighted by atomic mass is 127. The third-order valence-electron chi connectivity index (χ3n) is 4.23. The molecule has 1 heterocycles. The van der Waals surface area contributed by atoms with E-state index in [0.29, 0.717) is 13.1 Å². The summed E-state index contributed by atoms with van der Waals surface area (Å²) in [4.78, 5) is 6.88. The third-order valence-corrected chi connectivity index (χ3v) is 4.23. The van der Waals surface area contributed by atoms with Gasteiger partial charge in [0, 0.05) is 33.1 Å². The topological polar surface area (TPSA) is 58.3 Å². The van der Waals surface area contributed by atoms with Crippen LogP contribution in [0.2, 0.25) is 0 Å². The molecule has 0 saturated heterocycles. The monoisotopic (exact) mass is 482 g/mol. The molecular weight excluding hydrogens is 451 g/mol. The highest BCUT2D eigenvalue weighted by molar-refractivity contribution is 14.0. The largest absolute Gasteiger partial charge is 0.353 e. The predicted molar refractivity (Wildman–Crippen MR) is 123 cm³/mol. The zero-order valence-corrected chi connectivity index (χ0v) is 18.9. The maximum atomic E-state index is 4.75. The molecule has 0 aliphatic carbocycles. The minimum Gasteiger partial charge on any atom is -0.353 e. The Labute approximate surface area is 179 Å². The van der Waals surface area contributed by atoms with Crippen LogP contribution >= 0.6 is 24.0 Å². The Kier molecular flexibility index (Phi) is 10.7. The molecule has 0 fully saturated rings. The molecule has 7 heteroatoms.